The third-order valence-corrected chi connectivity index (χ3v) is 4.36. The summed E-state index contributed by atoms with van der Waals surface area (Å²) in [4.78, 5) is 14.1. The van der Waals surface area contributed by atoms with E-state index in [0.717, 1.165) is 25.8 Å². The van der Waals surface area contributed by atoms with E-state index < -0.39 is 0 Å². The van der Waals surface area contributed by atoms with Crippen LogP contribution in [0.5, 0.6) is 0 Å². The maximum atomic E-state index is 13.4. The smallest absolute Gasteiger partial charge is 0.227 e. The van der Waals surface area contributed by atoms with Crippen molar-refractivity contribution in [2.24, 2.45) is 0 Å². The van der Waals surface area contributed by atoms with Crippen molar-refractivity contribution in [1.82, 2.24) is 5.32 Å². The van der Waals surface area contributed by atoms with Crippen LogP contribution in [0.1, 0.15) is 32.6 Å². The standard InChI is InChI=1S/C15H19FN2O/c1-11-10-15(7-8-17-11)6-5-14(19)18(15)13-4-2-3-12(16)9-13/h2-4,9,11,17H,5-8,10H2,1H3/t11-,15-/m0/s1. The van der Waals surface area contributed by atoms with Crippen molar-refractivity contribution in [2.75, 3.05) is 11.4 Å². The van der Waals surface area contributed by atoms with Crippen LogP contribution in [-0.2, 0) is 4.79 Å². The van der Waals surface area contributed by atoms with Crippen molar-refractivity contribution < 1.29 is 9.18 Å². The molecule has 2 aliphatic rings. The van der Waals surface area contributed by atoms with Crippen LogP contribution in [0.3, 0.4) is 0 Å². The van der Waals surface area contributed by atoms with Gasteiger partial charge in [-0.05, 0) is 50.9 Å². The van der Waals surface area contributed by atoms with Crippen molar-refractivity contribution in [3.05, 3.63) is 30.1 Å². The summed E-state index contributed by atoms with van der Waals surface area (Å²) in [6.07, 6.45) is 3.34. The van der Waals surface area contributed by atoms with E-state index in [1.54, 1.807) is 6.07 Å². The van der Waals surface area contributed by atoms with Crippen molar-refractivity contribution >= 4 is 11.6 Å². The Morgan fingerprint density at radius 2 is 2.26 bits per heavy atom. The summed E-state index contributed by atoms with van der Waals surface area (Å²) in [5.74, 6) is -0.158. The molecule has 0 saturated carbocycles. The molecule has 0 aromatic heterocycles. The van der Waals surface area contributed by atoms with Crippen molar-refractivity contribution in [3.63, 3.8) is 0 Å². The lowest BCUT2D eigenvalue weighted by Crippen LogP contribution is -2.55. The number of nitrogens with one attached hydrogen (secondary N) is 1. The highest BCUT2D eigenvalue weighted by Crippen LogP contribution is 2.42. The zero-order chi connectivity index (χ0) is 13.5. The van der Waals surface area contributed by atoms with Gasteiger partial charge in [0.2, 0.25) is 5.91 Å². The van der Waals surface area contributed by atoms with Crippen LogP contribution in [0.4, 0.5) is 10.1 Å². The van der Waals surface area contributed by atoms with Gasteiger partial charge in [0.1, 0.15) is 5.82 Å². The summed E-state index contributed by atoms with van der Waals surface area (Å²) < 4.78 is 13.4. The molecule has 0 bridgehead atoms. The normalized spacial score (nSPS) is 31.2. The minimum atomic E-state index is -0.283. The molecule has 19 heavy (non-hydrogen) atoms. The molecule has 1 amide bonds. The first-order valence-electron chi connectivity index (χ1n) is 6.93. The highest BCUT2D eigenvalue weighted by Gasteiger charge is 2.47. The molecule has 0 aliphatic carbocycles. The van der Waals surface area contributed by atoms with E-state index in [-0.39, 0.29) is 17.3 Å². The monoisotopic (exact) mass is 262 g/mol. The predicted octanol–water partition coefficient (Wildman–Crippen LogP) is 2.46. The highest BCUT2D eigenvalue weighted by molar-refractivity contribution is 5.97. The molecule has 2 aliphatic heterocycles. The zero-order valence-corrected chi connectivity index (χ0v) is 11.2. The van der Waals surface area contributed by atoms with Gasteiger partial charge < -0.3 is 10.2 Å². The van der Waals surface area contributed by atoms with Crippen molar-refractivity contribution in [1.29, 1.82) is 0 Å². The molecule has 3 nitrogen and oxygen atoms in total. The van der Waals surface area contributed by atoms with Gasteiger partial charge in [0.15, 0.2) is 0 Å². The Hall–Kier alpha value is -1.42. The SMILES string of the molecule is C[C@H]1C[C@@]2(CCN1)CCC(=O)N2c1cccc(F)c1. The fourth-order valence-electron chi connectivity index (χ4n) is 3.59. The van der Waals surface area contributed by atoms with Gasteiger partial charge in [-0.3, -0.25) is 4.79 Å². The van der Waals surface area contributed by atoms with Gasteiger partial charge in [-0.2, -0.15) is 0 Å². The van der Waals surface area contributed by atoms with E-state index >= 15 is 0 Å². The zero-order valence-electron chi connectivity index (χ0n) is 11.2. The van der Waals surface area contributed by atoms with Crippen LogP contribution < -0.4 is 10.2 Å². The van der Waals surface area contributed by atoms with E-state index in [4.69, 9.17) is 0 Å². The van der Waals surface area contributed by atoms with E-state index in [1.165, 1.54) is 12.1 Å². The number of hydrogen-bond acceptors (Lipinski definition) is 2. The fraction of sp³-hybridized carbons (Fsp3) is 0.533. The summed E-state index contributed by atoms with van der Waals surface area (Å²) in [7, 11) is 0. The molecule has 102 valence electrons. The summed E-state index contributed by atoms with van der Waals surface area (Å²) in [5.41, 5.74) is 0.590. The summed E-state index contributed by atoms with van der Waals surface area (Å²) >= 11 is 0. The van der Waals surface area contributed by atoms with Gasteiger partial charge in [-0.25, -0.2) is 4.39 Å². The average Bonchev–Trinajstić information content (AvgIpc) is 2.66. The Balaban J connectivity index is 1.98. The molecule has 0 unspecified atom stereocenters. The summed E-state index contributed by atoms with van der Waals surface area (Å²) in [6, 6.07) is 6.80. The first-order chi connectivity index (χ1) is 9.11. The van der Waals surface area contributed by atoms with Gasteiger partial charge in [0.25, 0.3) is 0 Å². The van der Waals surface area contributed by atoms with Crippen molar-refractivity contribution in [3.8, 4) is 0 Å². The molecule has 2 atom stereocenters. The lowest BCUT2D eigenvalue weighted by Gasteiger charge is -2.44. The molecule has 2 heterocycles. The predicted molar refractivity (Wildman–Crippen MR) is 72.5 cm³/mol. The second-order valence-electron chi connectivity index (χ2n) is 5.74. The Labute approximate surface area is 112 Å². The van der Waals surface area contributed by atoms with Crippen LogP contribution in [0.25, 0.3) is 0 Å². The molecule has 3 rings (SSSR count). The van der Waals surface area contributed by atoms with Gasteiger partial charge in [-0.1, -0.05) is 6.07 Å². The molecule has 1 aromatic carbocycles. The van der Waals surface area contributed by atoms with Gasteiger partial charge in [-0.15, -0.1) is 0 Å². The Morgan fingerprint density at radius 3 is 3.00 bits per heavy atom. The highest BCUT2D eigenvalue weighted by atomic mass is 19.1. The lowest BCUT2D eigenvalue weighted by atomic mass is 9.82. The third-order valence-electron chi connectivity index (χ3n) is 4.36. The van der Waals surface area contributed by atoms with Gasteiger partial charge in [0.05, 0.1) is 5.54 Å². The molecule has 1 spiro atoms. The number of hydrogen-bond donors (Lipinski definition) is 1. The fourth-order valence-corrected chi connectivity index (χ4v) is 3.59. The maximum absolute atomic E-state index is 13.4. The number of piperidine rings is 1. The molecule has 2 saturated heterocycles. The Morgan fingerprint density at radius 1 is 1.42 bits per heavy atom. The van der Waals surface area contributed by atoms with Gasteiger partial charge in [0, 0.05) is 18.2 Å². The Bertz CT molecular complexity index is 505. The lowest BCUT2D eigenvalue weighted by molar-refractivity contribution is -0.117. The molecule has 1 aromatic rings. The quantitative estimate of drug-likeness (QED) is 0.843. The molecule has 4 heteroatoms. The number of rotatable bonds is 1. The largest absolute Gasteiger partial charge is 0.314 e. The topological polar surface area (TPSA) is 32.3 Å². The van der Waals surface area contributed by atoms with Crippen LogP contribution in [-0.4, -0.2) is 24.0 Å². The van der Waals surface area contributed by atoms with E-state index in [1.807, 2.05) is 11.0 Å². The minimum Gasteiger partial charge on any atom is -0.314 e. The maximum Gasteiger partial charge on any atom is 0.227 e. The van der Waals surface area contributed by atoms with Crippen LogP contribution in [0.2, 0.25) is 0 Å². The molecule has 0 radical (unpaired) electrons. The Kier molecular flexibility index (Phi) is 3.05. The first kappa shape index (κ1) is 12.6. The number of amides is 1. The molecular formula is C15H19FN2O. The van der Waals surface area contributed by atoms with E-state index in [2.05, 4.69) is 12.2 Å². The summed E-state index contributed by atoms with van der Waals surface area (Å²) in [6.45, 7) is 3.06. The van der Waals surface area contributed by atoms with E-state index in [0.29, 0.717) is 18.2 Å². The summed E-state index contributed by atoms with van der Waals surface area (Å²) in [5, 5.41) is 3.42. The number of carbonyl (C=O) groups excluding carboxylic acids is 1. The number of benzene rings is 1. The first-order valence-corrected chi connectivity index (χ1v) is 6.93. The number of halogens is 1. The van der Waals surface area contributed by atoms with Crippen LogP contribution in [0.15, 0.2) is 24.3 Å². The van der Waals surface area contributed by atoms with Gasteiger partial charge >= 0.3 is 0 Å². The second kappa shape index (κ2) is 4.60. The third kappa shape index (κ3) is 2.14. The van der Waals surface area contributed by atoms with Crippen LogP contribution >= 0.6 is 0 Å². The van der Waals surface area contributed by atoms with Crippen LogP contribution in [0, 0.1) is 5.82 Å². The van der Waals surface area contributed by atoms with Crippen molar-refractivity contribution in [2.45, 2.75) is 44.2 Å². The molecular weight excluding hydrogens is 243 g/mol. The average molecular weight is 262 g/mol. The molecule has 2 fully saturated rings. The number of anilines is 1. The van der Waals surface area contributed by atoms with E-state index in [9.17, 15) is 9.18 Å². The molecule has 1 N–H and O–H groups in total. The number of nitrogens with zero attached hydrogens (tertiary/aromatic N) is 1. The minimum absolute atomic E-state index is 0.116. The second-order valence-corrected chi connectivity index (χ2v) is 5.74. The number of carbonyl (C=O) groups is 1.